The SMILES string of the molecule is O=[N+]([O-])c1ccc(-c2nsc(-c3ccc(Cl)cc3)[s+]2)cc1. The maximum atomic E-state index is 10.6. The Labute approximate surface area is 133 Å². The molecule has 0 N–H and O–H groups in total. The maximum absolute atomic E-state index is 10.6. The van der Waals surface area contributed by atoms with Gasteiger partial charge in [0.2, 0.25) is 11.5 Å². The van der Waals surface area contributed by atoms with E-state index in [0.717, 1.165) is 20.3 Å². The minimum atomic E-state index is -0.409. The summed E-state index contributed by atoms with van der Waals surface area (Å²) in [6, 6.07) is 14.0. The van der Waals surface area contributed by atoms with Gasteiger partial charge in [-0.2, -0.15) is 0 Å². The molecular weight excluding hydrogens is 328 g/mol. The number of nitro benzene ring substituents is 1. The summed E-state index contributed by atoms with van der Waals surface area (Å²) in [4.78, 5) is 10.2. The van der Waals surface area contributed by atoms with Crippen LogP contribution in [0.15, 0.2) is 48.5 Å². The van der Waals surface area contributed by atoms with Crippen molar-refractivity contribution in [1.29, 1.82) is 0 Å². The van der Waals surface area contributed by atoms with Gasteiger partial charge in [0.15, 0.2) is 0 Å². The Hall–Kier alpha value is -1.89. The van der Waals surface area contributed by atoms with Gasteiger partial charge in [-0.25, -0.2) is 0 Å². The fraction of sp³-hybridized carbons (Fsp3) is 0. The zero-order chi connectivity index (χ0) is 14.8. The second-order valence-corrected chi connectivity index (χ2v) is 6.66. The van der Waals surface area contributed by atoms with Crippen LogP contribution in [0.4, 0.5) is 5.69 Å². The van der Waals surface area contributed by atoms with Crippen LogP contribution in [-0.4, -0.2) is 9.30 Å². The number of aromatic nitrogens is 1. The molecule has 0 saturated heterocycles. The number of halogens is 1. The van der Waals surface area contributed by atoms with Crippen molar-refractivity contribution in [3.05, 3.63) is 63.7 Å². The fourth-order valence-electron chi connectivity index (χ4n) is 1.74. The molecule has 0 spiro atoms. The first kappa shape index (κ1) is 14.1. The zero-order valence-corrected chi connectivity index (χ0v) is 12.9. The Morgan fingerprint density at radius 2 is 1.67 bits per heavy atom. The second kappa shape index (κ2) is 5.85. The lowest BCUT2D eigenvalue weighted by molar-refractivity contribution is -0.384. The normalized spacial score (nSPS) is 10.5. The van der Waals surface area contributed by atoms with Gasteiger partial charge in [-0.15, -0.1) is 0 Å². The van der Waals surface area contributed by atoms with E-state index in [-0.39, 0.29) is 5.69 Å². The van der Waals surface area contributed by atoms with Gasteiger partial charge in [-0.05, 0) is 40.8 Å². The second-order valence-electron chi connectivity index (χ2n) is 4.19. The van der Waals surface area contributed by atoms with Crippen LogP contribution in [0.2, 0.25) is 5.02 Å². The summed E-state index contributed by atoms with van der Waals surface area (Å²) in [7, 11) is 0. The van der Waals surface area contributed by atoms with Gasteiger partial charge in [-0.3, -0.25) is 10.1 Å². The Balaban J connectivity index is 1.90. The van der Waals surface area contributed by atoms with E-state index >= 15 is 0 Å². The molecule has 0 unspecified atom stereocenters. The van der Waals surface area contributed by atoms with Crippen molar-refractivity contribution in [2.45, 2.75) is 0 Å². The average Bonchev–Trinajstić information content (AvgIpc) is 2.98. The molecule has 0 aliphatic rings. The van der Waals surface area contributed by atoms with E-state index in [0.29, 0.717) is 5.02 Å². The molecular formula is C14H8ClN2O2S2+. The van der Waals surface area contributed by atoms with Crippen molar-refractivity contribution in [3.8, 4) is 20.3 Å². The molecule has 104 valence electrons. The van der Waals surface area contributed by atoms with Gasteiger partial charge < -0.3 is 0 Å². The molecule has 3 aromatic rings. The average molecular weight is 336 g/mol. The van der Waals surface area contributed by atoms with Crippen LogP contribution >= 0.6 is 34.5 Å². The van der Waals surface area contributed by atoms with Crippen molar-refractivity contribution < 1.29 is 4.92 Å². The summed E-state index contributed by atoms with van der Waals surface area (Å²) in [5.41, 5.74) is 2.02. The van der Waals surface area contributed by atoms with E-state index in [1.165, 1.54) is 23.7 Å². The molecule has 0 saturated carbocycles. The van der Waals surface area contributed by atoms with Crippen molar-refractivity contribution in [2.75, 3.05) is 0 Å². The van der Waals surface area contributed by atoms with Crippen molar-refractivity contribution >= 4 is 40.2 Å². The summed E-state index contributed by atoms with van der Waals surface area (Å²) >= 11 is 8.84. The lowest BCUT2D eigenvalue weighted by Gasteiger charge is -1.92. The standard InChI is InChI=1S/C14H8ClN2O2S2/c15-11-5-1-10(2-6-11)14-20-13(16-21-14)9-3-7-12(8-4-9)17(18)19/h1-8H/q+1. The minimum absolute atomic E-state index is 0.0805. The molecule has 0 amide bonds. The summed E-state index contributed by atoms with van der Waals surface area (Å²) < 4.78 is 5.49. The van der Waals surface area contributed by atoms with Crippen LogP contribution in [0.5, 0.6) is 0 Å². The third kappa shape index (κ3) is 3.07. The minimum Gasteiger partial charge on any atom is -0.258 e. The summed E-state index contributed by atoms with van der Waals surface area (Å²) in [6.45, 7) is 0. The van der Waals surface area contributed by atoms with Crippen molar-refractivity contribution in [3.63, 3.8) is 0 Å². The smallest absolute Gasteiger partial charge is 0.258 e. The highest BCUT2D eigenvalue weighted by molar-refractivity contribution is 7.34. The molecule has 2 aromatic carbocycles. The van der Waals surface area contributed by atoms with Crippen molar-refractivity contribution in [2.24, 2.45) is 0 Å². The van der Waals surface area contributed by atoms with E-state index in [4.69, 9.17) is 11.6 Å². The van der Waals surface area contributed by atoms with E-state index in [1.807, 2.05) is 24.3 Å². The summed E-state index contributed by atoms with van der Waals surface area (Å²) in [6.07, 6.45) is 0. The van der Waals surface area contributed by atoms with Crippen LogP contribution in [-0.2, 0) is 0 Å². The predicted octanol–water partition coefficient (Wildman–Crippen LogP) is 5.38. The highest BCUT2D eigenvalue weighted by Gasteiger charge is 2.20. The number of hydrogen-bond acceptors (Lipinski definition) is 4. The molecule has 0 fully saturated rings. The lowest BCUT2D eigenvalue weighted by Crippen LogP contribution is -1.86. The Kier molecular flexibility index (Phi) is 3.92. The first-order valence-corrected chi connectivity index (χ1v) is 7.91. The van der Waals surface area contributed by atoms with Gasteiger partial charge in [0.1, 0.15) is 11.3 Å². The molecule has 4 nitrogen and oxygen atoms in total. The molecule has 1 heterocycles. The lowest BCUT2D eigenvalue weighted by atomic mass is 10.2. The van der Waals surface area contributed by atoms with Crippen molar-refractivity contribution in [1.82, 2.24) is 4.37 Å². The van der Waals surface area contributed by atoms with Gasteiger partial charge in [0.05, 0.1) is 10.5 Å². The van der Waals surface area contributed by atoms with Gasteiger partial charge in [-0.1, -0.05) is 11.6 Å². The molecule has 7 heteroatoms. The first-order chi connectivity index (χ1) is 10.1. The van der Waals surface area contributed by atoms with Crippen LogP contribution in [0.3, 0.4) is 0 Å². The van der Waals surface area contributed by atoms with E-state index < -0.39 is 4.92 Å². The fourth-order valence-corrected chi connectivity index (χ4v) is 3.82. The molecule has 3 rings (SSSR count). The highest BCUT2D eigenvalue weighted by Crippen LogP contribution is 2.36. The van der Waals surface area contributed by atoms with Crippen LogP contribution in [0.25, 0.3) is 20.3 Å². The molecule has 21 heavy (non-hydrogen) atoms. The first-order valence-electron chi connectivity index (χ1n) is 5.94. The quantitative estimate of drug-likeness (QED) is 0.366. The number of nitro groups is 1. The number of benzene rings is 2. The highest BCUT2D eigenvalue weighted by atomic mass is 35.5. The number of hydrogen-bond donors (Lipinski definition) is 0. The number of rotatable bonds is 3. The molecule has 0 radical (unpaired) electrons. The van der Waals surface area contributed by atoms with Crippen LogP contribution in [0, 0.1) is 10.1 Å². The number of non-ortho nitro benzene ring substituents is 1. The molecule has 0 atom stereocenters. The van der Waals surface area contributed by atoms with Crippen LogP contribution in [0.1, 0.15) is 0 Å². The third-order valence-electron chi connectivity index (χ3n) is 2.81. The summed E-state index contributed by atoms with van der Waals surface area (Å²) in [5, 5.41) is 12.2. The Morgan fingerprint density at radius 3 is 2.29 bits per heavy atom. The Morgan fingerprint density at radius 1 is 1.05 bits per heavy atom. The number of nitrogens with zero attached hydrogens (tertiary/aromatic N) is 2. The van der Waals surface area contributed by atoms with Gasteiger partial charge in [0.25, 0.3) is 10.7 Å². The summed E-state index contributed by atoms with van der Waals surface area (Å²) in [5.74, 6) is 0. The molecule has 0 aliphatic heterocycles. The molecule has 0 aliphatic carbocycles. The van der Waals surface area contributed by atoms with E-state index in [2.05, 4.69) is 4.37 Å². The Bertz CT molecular complexity index is 785. The van der Waals surface area contributed by atoms with E-state index in [1.54, 1.807) is 23.5 Å². The monoisotopic (exact) mass is 335 g/mol. The van der Waals surface area contributed by atoms with E-state index in [9.17, 15) is 10.1 Å². The largest absolute Gasteiger partial charge is 0.310 e. The molecule has 0 bridgehead atoms. The third-order valence-corrected chi connectivity index (χ3v) is 5.26. The maximum Gasteiger partial charge on any atom is 0.310 e. The predicted molar refractivity (Wildman–Crippen MR) is 86.9 cm³/mol. The van der Waals surface area contributed by atoms with Gasteiger partial charge in [0, 0.05) is 22.7 Å². The molecule has 1 aromatic heterocycles. The van der Waals surface area contributed by atoms with Crippen LogP contribution < -0.4 is 0 Å². The van der Waals surface area contributed by atoms with Gasteiger partial charge >= 0.3 is 4.19 Å². The topological polar surface area (TPSA) is 56.0 Å². The zero-order valence-electron chi connectivity index (χ0n) is 10.5.